The van der Waals surface area contributed by atoms with Gasteiger partial charge < -0.3 is 26.0 Å². The number of nitrogens with one attached hydrogen (secondary N) is 2. The summed E-state index contributed by atoms with van der Waals surface area (Å²) >= 11 is 0. The maximum Gasteiger partial charge on any atom is 0.408 e. The predicted octanol–water partition coefficient (Wildman–Crippen LogP) is 5.70. The molecule has 0 aromatic heterocycles. The summed E-state index contributed by atoms with van der Waals surface area (Å²) < 4.78 is 5.42. The van der Waals surface area contributed by atoms with Gasteiger partial charge in [0.15, 0.2) is 0 Å². The Morgan fingerprint density at radius 3 is 2.14 bits per heavy atom. The first-order valence-corrected chi connectivity index (χ1v) is 15.4. The molecule has 2 unspecified atom stereocenters. The summed E-state index contributed by atoms with van der Waals surface area (Å²) in [6.07, 6.45) is 5.04. The van der Waals surface area contributed by atoms with Gasteiger partial charge in [-0.1, -0.05) is 99.2 Å². The van der Waals surface area contributed by atoms with E-state index in [1.807, 2.05) is 61.5 Å². The van der Waals surface area contributed by atoms with E-state index in [9.17, 15) is 19.2 Å². The summed E-state index contributed by atoms with van der Waals surface area (Å²) in [5.41, 5.74) is 7.24. The van der Waals surface area contributed by atoms with E-state index in [-0.39, 0.29) is 18.7 Å². The molecular formula is C34H50N4O5. The lowest BCUT2D eigenvalue weighted by Crippen LogP contribution is -2.53. The minimum Gasteiger partial charge on any atom is -0.444 e. The zero-order chi connectivity index (χ0) is 31.8. The molecule has 43 heavy (non-hydrogen) atoms. The van der Waals surface area contributed by atoms with Crippen molar-refractivity contribution in [2.75, 3.05) is 6.54 Å². The standard InChI is InChI=1S/C34H50N4O5/c1-6-7-8-9-10-14-23-38(32(41)28(21-22-29(35)39)37-33(42)43-34(3,4)5)30(27-19-17-25(2)18-20-27)31(40)36-24-26-15-12-11-13-16-26/h11-13,15-20,28,30H,6-10,14,21-24H2,1-5H3,(H2,35,39)(H,36,40)(H,37,42). The first-order chi connectivity index (χ1) is 20.4. The Balaban J connectivity index is 2.45. The zero-order valence-corrected chi connectivity index (χ0v) is 26.5. The minimum atomic E-state index is -1.11. The molecule has 0 aliphatic rings. The molecule has 0 saturated heterocycles. The summed E-state index contributed by atoms with van der Waals surface area (Å²) in [4.78, 5) is 54.3. The first-order valence-electron chi connectivity index (χ1n) is 15.4. The van der Waals surface area contributed by atoms with Crippen LogP contribution in [0.5, 0.6) is 0 Å². The fourth-order valence-corrected chi connectivity index (χ4v) is 4.73. The number of nitrogens with zero attached hydrogens (tertiary/aromatic N) is 1. The van der Waals surface area contributed by atoms with Gasteiger partial charge in [0.1, 0.15) is 17.7 Å². The number of unbranched alkanes of at least 4 members (excludes halogenated alkanes) is 5. The number of aryl methyl sites for hydroxylation is 1. The van der Waals surface area contributed by atoms with Crippen molar-refractivity contribution in [3.05, 3.63) is 71.3 Å². The number of benzene rings is 2. The molecule has 0 radical (unpaired) electrons. The summed E-state index contributed by atoms with van der Waals surface area (Å²) in [7, 11) is 0. The number of amides is 4. The number of ether oxygens (including phenoxy) is 1. The van der Waals surface area contributed by atoms with E-state index in [1.54, 1.807) is 20.8 Å². The molecule has 4 N–H and O–H groups in total. The van der Waals surface area contributed by atoms with Gasteiger partial charge in [-0.15, -0.1) is 0 Å². The van der Waals surface area contributed by atoms with Gasteiger partial charge in [-0.05, 0) is 51.7 Å². The highest BCUT2D eigenvalue weighted by atomic mass is 16.6. The van der Waals surface area contributed by atoms with E-state index in [4.69, 9.17) is 10.5 Å². The molecule has 236 valence electrons. The molecule has 2 atom stereocenters. The van der Waals surface area contributed by atoms with Crippen molar-refractivity contribution in [3.63, 3.8) is 0 Å². The van der Waals surface area contributed by atoms with Crippen molar-refractivity contribution in [1.82, 2.24) is 15.5 Å². The average Bonchev–Trinajstić information content (AvgIpc) is 2.95. The Labute approximate surface area is 256 Å². The van der Waals surface area contributed by atoms with Crippen LogP contribution in [0.25, 0.3) is 0 Å². The number of hydrogen-bond donors (Lipinski definition) is 3. The number of primary amides is 1. The van der Waals surface area contributed by atoms with Crippen molar-refractivity contribution < 1.29 is 23.9 Å². The third-order valence-corrected chi connectivity index (χ3v) is 6.97. The highest BCUT2D eigenvalue weighted by Gasteiger charge is 2.36. The third-order valence-electron chi connectivity index (χ3n) is 6.97. The molecule has 2 aromatic rings. The van der Waals surface area contributed by atoms with E-state index < -0.39 is 35.6 Å². The van der Waals surface area contributed by atoms with Crippen LogP contribution >= 0.6 is 0 Å². The van der Waals surface area contributed by atoms with Crippen LogP contribution in [0.1, 0.15) is 102 Å². The second-order valence-corrected chi connectivity index (χ2v) is 12.0. The lowest BCUT2D eigenvalue weighted by molar-refractivity contribution is -0.143. The van der Waals surface area contributed by atoms with Crippen LogP contribution in [-0.4, -0.2) is 46.9 Å². The van der Waals surface area contributed by atoms with Crippen LogP contribution in [0.4, 0.5) is 4.79 Å². The van der Waals surface area contributed by atoms with Crippen molar-refractivity contribution in [1.29, 1.82) is 0 Å². The molecule has 2 aromatic carbocycles. The molecule has 9 heteroatoms. The van der Waals surface area contributed by atoms with Crippen molar-refractivity contribution in [2.24, 2.45) is 5.73 Å². The van der Waals surface area contributed by atoms with E-state index in [0.29, 0.717) is 25.1 Å². The van der Waals surface area contributed by atoms with Crippen LogP contribution in [0.2, 0.25) is 0 Å². The zero-order valence-electron chi connectivity index (χ0n) is 26.5. The number of carbonyl (C=O) groups is 4. The summed E-state index contributed by atoms with van der Waals surface area (Å²) in [5.74, 6) is -1.40. The third kappa shape index (κ3) is 13.3. The Hall–Kier alpha value is -3.88. The molecule has 0 aliphatic carbocycles. The number of hydrogen-bond acceptors (Lipinski definition) is 5. The summed E-state index contributed by atoms with van der Waals surface area (Å²) in [6.45, 7) is 9.88. The molecule has 2 rings (SSSR count). The fraction of sp³-hybridized carbons (Fsp3) is 0.529. The number of rotatable bonds is 17. The number of nitrogens with two attached hydrogens (primary N) is 1. The number of alkyl carbamates (subject to hydrolysis) is 1. The monoisotopic (exact) mass is 594 g/mol. The van der Waals surface area contributed by atoms with Gasteiger partial charge in [0.05, 0.1) is 0 Å². The summed E-state index contributed by atoms with van der Waals surface area (Å²) in [5, 5.41) is 5.66. The second kappa shape index (κ2) is 17.9. The molecule has 0 spiro atoms. The van der Waals surface area contributed by atoms with E-state index in [1.165, 1.54) is 4.90 Å². The van der Waals surface area contributed by atoms with Gasteiger partial charge in [-0.2, -0.15) is 0 Å². The Bertz CT molecular complexity index is 1160. The van der Waals surface area contributed by atoms with Crippen LogP contribution in [-0.2, 0) is 25.7 Å². The number of carbonyl (C=O) groups excluding carboxylic acids is 4. The van der Waals surface area contributed by atoms with Gasteiger partial charge >= 0.3 is 6.09 Å². The second-order valence-electron chi connectivity index (χ2n) is 12.0. The van der Waals surface area contributed by atoms with Gasteiger partial charge in [0.25, 0.3) is 0 Å². The molecule has 0 heterocycles. The van der Waals surface area contributed by atoms with E-state index in [2.05, 4.69) is 17.6 Å². The van der Waals surface area contributed by atoms with Gasteiger partial charge in [-0.3, -0.25) is 14.4 Å². The van der Waals surface area contributed by atoms with Crippen LogP contribution < -0.4 is 16.4 Å². The molecule has 0 saturated carbocycles. The largest absolute Gasteiger partial charge is 0.444 e. The smallest absolute Gasteiger partial charge is 0.408 e. The SMILES string of the molecule is CCCCCCCCN(C(=O)C(CCC(N)=O)NC(=O)OC(C)(C)C)C(C(=O)NCc1ccccc1)c1ccc(C)cc1. The molecule has 9 nitrogen and oxygen atoms in total. The fourth-order valence-electron chi connectivity index (χ4n) is 4.73. The molecule has 0 bridgehead atoms. The van der Waals surface area contributed by atoms with Crippen LogP contribution in [0, 0.1) is 6.92 Å². The van der Waals surface area contributed by atoms with Crippen LogP contribution in [0.15, 0.2) is 54.6 Å². The highest BCUT2D eigenvalue weighted by Crippen LogP contribution is 2.25. The van der Waals surface area contributed by atoms with Gasteiger partial charge in [-0.25, -0.2) is 4.79 Å². The molecular weight excluding hydrogens is 544 g/mol. The summed E-state index contributed by atoms with van der Waals surface area (Å²) in [6, 6.07) is 15.0. The Morgan fingerprint density at radius 1 is 0.907 bits per heavy atom. The highest BCUT2D eigenvalue weighted by molar-refractivity contribution is 5.92. The average molecular weight is 595 g/mol. The van der Waals surface area contributed by atoms with E-state index in [0.717, 1.165) is 43.2 Å². The minimum absolute atomic E-state index is 0.0212. The van der Waals surface area contributed by atoms with Gasteiger partial charge in [0.2, 0.25) is 17.7 Å². The first kappa shape index (κ1) is 35.3. The lowest BCUT2D eigenvalue weighted by Gasteiger charge is -2.34. The van der Waals surface area contributed by atoms with Crippen molar-refractivity contribution >= 4 is 23.8 Å². The molecule has 0 aliphatic heterocycles. The van der Waals surface area contributed by atoms with Crippen LogP contribution in [0.3, 0.4) is 0 Å². The van der Waals surface area contributed by atoms with E-state index >= 15 is 0 Å². The molecule has 4 amide bonds. The lowest BCUT2D eigenvalue weighted by atomic mass is 9.99. The normalized spacial score (nSPS) is 12.6. The Morgan fingerprint density at radius 2 is 1.53 bits per heavy atom. The Kier molecular flexibility index (Phi) is 14.7. The topological polar surface area (TPSA) is 131 Å². The quantitative estimate of drug-likeness (QED) is 0.202. The maximum atomic E-state index is 14.3. The predicted molar refractivity (Wildman–Crippen MR) is 169 cm³/mol. The van der Waals surface area contributed by atoms with Crippen molar-refractivity contribution in [3.8, 4) is 0 Å². The molecule has 0 fully saturated rings. The maximum absolute atomic E-state index is 14.3. The van der Waals surface area contributed by atoms with Gasteiger partial charge in [0, 0.05) is 19.5 Å². The van der Waals surface area contributed by atoms with Crippen molar-refractivity contribution in [2.45, 2.75) is 110 Å².